The van der Waals surface area contributed by atoms with Gasteiger partial charge in [0.05, 0.1) is 0 Å². The fourth-order valence-corrected chi connectivity index (χ4v) is 1.95. The van der Waals surface area contributed by atoms with Gasteiger partial charge in [0, 0.05) is 17.8 Å². The van der Waals surface area contributed by atoms with Crippen molar-refractivity contribution in [2.45, 2.75) is 20.4 Å². The maximum Gasteiger partial charge on any atom is 0.248 e. The van der Waals surface area contributed by atoms with Gasteiger partial charge in [0.25, 0.3) is 0 Å². The van der Waals surface area contributed by atoms with Crippen LogP contribution in [-0.2, 0) is 6.54 Å². The summed E-state index contributed by atoms with van der Waals surface area (Å²) in [4.78, 5) is 11.0. The van der Waals surface area contributed by atoms with Crippen LogP contribution in [0.4, 0.5) is 5.69 Å². The Balaban J connectivity index is 2.06. The topological polar surface area (TPSA) is 55.1 Å². The van der Waals surface area contributed by atoms with E-state index in [1.54, 1.807) is 12.1 Å². The van der Waals surface area contributed by atoms with Crippen molar-refractivity contribution in [2.24, 2.45) is 5.73 Å². The number of aryl methyl sites for hydroxylation is 1. The van der Waals surface area contributed by atoms with Crippen LogP contribution in [0.3, 0.4) is 0 Å². The van der Waals surface area contributed by atoms with Gasteiger partial charge in [-0.3, -0.25) is 4.79 Å². The second kappa shape index (κ2) is 5.57. The van der Waals surface area contributed by atoms with Gasteiger partial charge in [0.1, 0.15) is 0 Å². The highest BCUT2D eigenvalue weighted by Crippen LogP contribution is 2.15. The molecule has 2 rings (SSSR count). The number of carbonyl (C=O) groups excluding carboxylic acids is 1. The molecular weight excluding hydrogens is 236 g/mol. The number of anilines is 1. The average Bonchev–Trinajstić information content (AvgIpc) is 2.41. The lowest BCUT2D eigenvalue weighted by Crippen LogP contribution is -2.10. The molecule has 0 fully saturated rings. The molecule has 3 nitrogen and oxygen atoms in total. The second-order valence-corrected chi connectivity index (χ2v) is 4.65. The van der Waals surface area contributed by atoms with Gasteiger partial charge < -0.3 is 11.1 Å². The summed E-state index contributed by atoms with van der Waals surface area (Å²) in [7, 11) is 0. The molecule has 3 heteroatoms. The van der Waals surface area contributed by atoms with E-state index in [2.05, 4.69) is 37.4 Å². The summed E-state index contributed by atoms with van der Waals surface area (Å²) in [5.74, 6) is -0.402. The molecule has 0 aromatic heterocycles. The van der Waals surface area contributed by atoms with Crippen molar-refractivity contribution in [3.05, 3.63) is 64.7 Å². The Bertz CT molecular complexity index is 588. The minimum absolute atomic E-state index is 0.402. The van der Waals surface area contributed by atoms with Crippen LogP contribution in [0.1, 0.15) is 27.0 Å². The molecule has 0 heterocycles. The highest BCUT2D eigenvalue weighted by Gasteiger charge is 2.02. The molecule has 0 unspecified atom stereocenters. The van der Waals surface area contributed by atoms with Crippen molar-refractivity contribution in [3.8, 4) is 0 Å². The number of hydrogen-bond acceptors (Lipinski definition) is 2. The minimum atomic E-state index is -0.402. The first-order valence-electron chi connectivity index (χ1n) is 6.27. The summed E-state index contributed by atoms with van der Waals surface area (Å²) < 4.78 is 0. The lowest BCUT2D eigenvalue weighted by molar-refractivity contribution is 0.100. The lowest BCUT2D eigenvalue weighted by atomic mass is 10.0. The van der Waals surface area contributed by atoms with E-state index in [0.717, 1.165) is 12.2 Å². The predicted octanol–water partition coefficient (Wildman–Crippen LogP) is 3.01. The lowest BCUT2D eigenvalue weighted by Gasteiger charge is -2.11. The Labute approximate surface area is 113 Å². The number of rotatable bonds is 4. The number of hydrogen-bond donors (Lipinski definition) is 2. The molecule has 0 atom stereocenters. The van der Waals surface area contributed by atoms with E-state index >= 15 is 0 Å². The summed E-state index contributed by atoms with van der Waals surface area (Å²) in [6.07, 6.45) is 0. The summed E-state index contributed by atoms with van der Waals surface area (Å²) in [6.45, 7) is 5.01. The zero-order chi connectivity index (χ0) is 13.8. The maximum atomic E-state index is 11.0. The molecule has 0 spiro atoms. The van der Waals surface area contributed by atoms with Crippen molar-refractivity contribution >= 4 is 11.6 Å². The van der Waals surface area contributed by atoms with Gasteiger partial charge in [-0.15, -0.1) is 0 Å². The normalized spacial score (nSPS) is 10.2. The first-order chi connectivity index (χ1) is 9.08. The van der Waals surface area contributed by atoms with Gasteiger partial charge in [0.15, 0.2) is 0 Å². The Hall–Kier alpha value is -2.29. The van der Waals surface area contributed by atoms with E-state index in [1.165, 1.54) is 16.7 Å². The van der Waals surface area contributed by atoms with Crippen molar-refractivity contribution in [1.29, 1.82) is 0 Å². The summed E-state index contributed by atoms with van der Waals surface area (Å²) in [5.41, 5.74) is 10.6. The van der Waals surface area contributed by atoms with Crippen LogP contribution in [0.5, 0.6) is 0 Å². The maximum absolute atomic E-state index is 11.0. The standard InChI is InChI=1S/C16H18N2O/c1-11-4-3-5-14(12(11)2)10-18-15-8-6-13(7-9-15)16(17)19/h3-9,18H,10H2,1-2H3,(H2,17,19). The van der Waals surface area contributed by atoms with Crippen LogP contribution in [0, 0.1) is 13.8 Å². The molecule has 98 valence electrons. The van der Waals surface area contributed by atoms with E-state index in [4.69, 9.17) is 5.73 Å². The molecule has 0 radical (unpaired) electrons. The monoisotopic (exact) mass is 254 g/mol. The number of carbonyl (C=O) groups is 1. The van der Waals surface area contributed by atoms with Gasteiger partial charge in [-0.2, -0.15) is 0 Å². The predicted molar refractivity (Wildman–Crippen MR) is 78.2 cm³/mol. The zero-order valence-electron chi connectivity index (χ0n) is 11.2. The molecule has 0 aliphatic rings. The summed E-state index contributed by atoms with van der Waals surface area (Å²) in [6, 6.07) is 13.5. The van der Waals surface area contributed by atoms with Crippen LogP contribution < -0.4 is 11.1 Å². The number of benzene rings is 2. The highest BCUT2D eigenvalue weighted by molar-refractivity contribution is 5.93. The van der Waals surface area contributed by atoms with Gasteiger partial charge in [-0.1, -0.05) is 18.2 Å². The summed E-state index contributed by atoms with van der Waals surface area (Å²) in [5, 5.41) is 3.34. The van der Waals surface area contributed by atoms with Crippen LogP contribution in [0.2, 0.25) is 0 Å². The molecule has 0 aliphatic heterocycles. The third kappa shape index (κ3) is 3.13. The Morgan fingerprint density at radius 1 is 1.11 bits per heavy atom. The van der Waals surface area contributed by atoms with Gasteiger partial charge in [0.2, 0.25) is 5.91 Å². The smallest absolute Gasteiger partial charge is 0.248 e. The average molecular weight is 254 g/mol. The van der Waals surface area contributed by atoms with E-state index in [9.17, 15) is 4.79 Å². The van der Waals surface area contributed by atoms with Gasteiger partial charge in [-0.25, -0.2) is 0 Å². The van der Waals surface area contributed by atoms with Crippen LogP contribution >= 0.6 is 0 Å². The molecule has 0 saturated carbocycles. The largest absolute Gasteiger partial charge is 0.381 e. The van der Waals surface area contributed by atoms with Gasteiger partial charge >= 0.3 is 0 Å². The third-order valence-corrected chi connectivity index (χ3v) is 3.37. The summed E-state index contributed by atoms with van der Waals surface area (Å²) >= 11 is 0. The molecule has 3 N–H and O–H groups in total. The second-order valence-electron chi connectivity index (χ2n) is 4.65. The van der Waals surface area contributed by atoms with E-state index in [1.807, 2.05) is 12.1 Å². The molecule has 2 aromatic carbocycles. The van der Waals surface area contributed by atoms with Crippen molar-refractivity contribution in [1.82, 2.24) is 0 Å². The number of nitrogens with two attached hydrogens (primary N) is 1. The van der Waals surface area contributed by atoms with Gasteiger partial charge in [-0.05, 0) is 54.8 Å². The molecule has 0 aliphatic carbocycles. The molecule has 19 heavy (non-hydrogen) atoms. The minimum Gasteiger partial charge on any atom is -0.381 e. The molecule has 0 bridgehead atoms. The Morgan fingerprint density at radius 3 is 2.42 bits per heavy atom. The zero-order valence-corrected chi connectivity index (χ0v) is 11.2. The molecule has 1 amide bonds. The first kappa shape index (κ1) is 13.1. The van der Waals surface area contributed by atoms with Crippen molar-refractivity contribution in [2.75, 3.05) is 5.32 Å². The fourth-order valence-electron chi connectivity index (χ4n) is 1.95. The SMILES string of the molecule is Cc1cccc(CNc2ccc(C(N)=O)cc2)c1C. The Morgan fingerprint density at radius 2 is 1.79 bits per heavy atom. The molecule has 0 saturated heterocycles. The quantitative estimate of drug-likeness (QED) is 0.881. The van der Waals surface area contributed by atoms with Crippen LogP contribution in [-0.4, -0.2) is 5.91 Å². The van der Waals surface area contributed by atoms with E-state index in [0.29, 0.717) is 5.56 Å². The Kier molecular flexibility index (Phi) is 3.85. The van der Waals surface area contributed by atoms with Crippen LogP contribution in [0.25, 0.3) is 0 Å². The van der Waals surface area contributed by atoms with Crippen molar-refractivity contribution in [3.63, 3.8) is 0 Å². The fraction of sp³-hybridized carbons (Fsp3) is 0.188. The van der Waals surface area contributed by atoms with Crippen LogP contribution in [0.15, 0.2) is 42.5 Å². The number of amides is 1. The number of primary amides is 1. The highest BCUT2D eigenvalue weighted by atomic mass is 16.1. The third-order valence-electron chi connectivity index (χ3n) is 3.37. The van der Waals surface area contributed by atoms with E-state index in [-0.39, 0.29) is 0 Å². The van der Waals surface area contributed by atoms with Crippen molar-refractivity contribution < 1.29 is 4.79 Å². The molecule has 2 aromatic rings. The molecular formula is C16H18N2O. The first-order valence-corrected chi connectivity index (χ1v) is 6.27. The number of nitrogens with one attached hydrogen (secondary N) is 1. The van der Waals surface area contributed by atoms with E-state index < -0.39 is 5.91 Å².